The van der Waals surface area contributed by atoms with Gasteiger partial charge in [-0.1, -0.05) is 51.5 Å². The number of nitrogens with one attached hydrogen (secondary N) is 1. The number of carboxylic acids is 1. The fourth-order valence-corrected chi connectivity index (χ4v) is 11.9. The summed E-state index contributed by atoms with van der Waals surface area (Å²) in [5.74, 6) is 0.879. The number of carboxylic acid groups (broad SMARTS) is 1. The molecule has 1 amide bonds. The largest absolute Gasteiger partial charge is 0.476 e. The Labute approximate surface area is 290 Å². The molecule has 2 atom stereocenters. The van der Waals surface area contributed by atoms with Crippen LogP contribution in [0.2, 0.25) is 0 Å². The number of amides is 1. The van der Waals surface area contributed by atoms with E-state index in [0.29, 0.717) is 35.2 Å². The first-order chi connectivity index (χ1) is 23.2. The number of aromatic nitrogens is 4. The molecule has 48 heavy (non-hydrogen) atoms. The maximum Gasteiger partial charge on any atom is 0.355 e. The van der Waals surface area contributed by atoms with Crippen molar-refractivity contribution < 1.29 is 14.7 Å². The smallest absolute Gasteiger partial charge is 0.355 e. The lowest BCUT2D eigenvalue weighted by Crippen LogP contribution is -2.54. The van der Waals surface area contributed by atoms with E-state index < -0.39 is 5.97 Å². The molecule has 10 rings (SSSR count). The number of fused-ring (bicyclic) bond motifs is 2. The van der Waals surface area contributed by atoms with Gasteiger partial charge in [-0.25, -0.2) is 14.8 Å². The first kappa shape index (κ1) is 30.0. The first-order valence-corrected chi connectivity index (χ1v) is 18.3. The molecule has 5 aliphatic rings. The van der Waals surface area contributed by atoms with Gasteiger partial charge in [0, 0.05) is 46.8 Å². The molecule has 1 aliphatic heterocycles. The number of hydrogen-bond donors (Lipinski definition) is 2. The van der Waals surface area contributed by atoms with Crippen molar-refractivity contribution in [3.05, 3.63) is 89.4 Å². The fraction of sp³-hybridized carbons (Fsp3) is 0.378. The zero-order valence-corrected chi connectivity index (χ0v) is 28.8. The second-order valence-electron chi connectivity index (χ2n) is 14.5. The molecule has 0 saturated heterocycles. The number of hydrogen-bond acceptors (Lipinski definition) is 7. The lowest BCUT2D eigenvalue weighted by Gasteiger charge is -2.60. The van der Waals surface area contributed by atoms with Crippen LogP contribution in [0.15, 0.2) is 67.0 Å². The van der Waals surface area contributed by atoms with Crippen molar-refractivity contribution in [1.82, 2.24) is 19.7 Å². The van der Waals surface area contributed by atoms with Crippen molar-refractivity contribution in [2.45, 2.75) is 62.4 Å². The third-order valence-corrected chi connectivity index (χ3v) is 12.9. The van der Waals surface area contributed by atoms with Gasteiger partial charge in [-0.15, -0.1) is 0 Å². The summed E-state index contributed by atoms with van der Waals surface area (Å²) in [7, 11) is 0. The highest BCUT2D eigenvalue weighted by atomic mass is 79.9. The van der Waals surface area contributed by atoms with E-state index in [-0.39, 0.29) is 21.3 Å². The molecule has 244 valence electrons. The topological polar surface area (TPSA) is 113 Å². The molecular formula is C37H35BrN6O3S. The summed E-state index contributed by atoms with van der Waals surface area (Å²) in [5.41, 5.74) is 5.05. The molecule has 9 nitrogen and oxygen atoms in total. The average molecular weight is 724 g/mol. The Morgan fingerprint density at radius 3 is 2.65 bits per heavy atom. The number of aromatic carboxylic acids is 1. The minimum absolute atomic E-state index is 0.00827. The molecule has 3 aromatic heterocycles. The normalized spacial score (nSPS) is 25.7. The van der Waals surface area contributed by atoms with Crippen LogP contribution in [0.5, 0.6) is 0 Å². The Hall–Kier alpha value is -4.09. The number of carbonyl (C=O) groups excluding carboxylic acids is 1. The van der Waals surface area contributed by atoms with Gasteiger partial charge in [-0.2, -0.15) is 5.10 Å². The summed E-state index contributed by atoms with van der Waals surface area (Å²) >= 11 is 5.57. The van der Waals surface area contributed by atoms with Crippen LogP contribution in [0, 0.1) is 17.3 Å². The molecule has 4 fully saturated rings. The number of nitrogens with zero attached hydrogens (tertiary/aromatic N) is 5. The number of anilines is 2. The Morgan fingerprint density at radius 2 is 1.85 bits per heavy atom. The van der Waals surface area contributed by atoms with Crippen LogP contribution in [0.4, 0.5) is 10.9 Å². The highest BCUT2D eigenvalue weighted by molar-refractivity contribution is 9.10. The molecule has 4 aliphatic carbocycles. The average Bonchev–Trinajstić information content (AvgIpc) is 3.68. The van der Waals surface area contributed by atoms with Crippen LogP contribution < -0.4 is 10.2 Å². The van der Waals surface area contributed by atoms with Gasteiger partial charge >= 0.3 is 5.97 Å². The molecular weight excluding hydrogens is 688 g/mol. The maximum absolute atomic E-state index is 13.5. The summed E-state index contributed by atoms with van der Waals surface area (Å²) in [4.78, 5) is 37.4. The zero-order valence-electron chi connectivity index (χ0n) is 26.4. The van der Waals surface area contributed by atoms with Crippen LogP contribution >= 0.6 is 27.3 Å². The van der Waals surface area contributed by atoms with Crippen LogP contribution in [0.25, 0.3) is 21.3 Å². The van der Waals surface area contributed by atoms with Gasteiger partial charge in [0.15, 0.2) is 10.8 Å². The van der Waals surface area contributed by atoms with Crippen molar-refractivity contribution in [2.24, 2.45) is 17.3 Å². The summed E-state index contributed by atoms with van der Waals surface area (Å²) < 4.78 is 3.32. The first-order valence-electron chi connectivity index (χ1n) is 16.7. The monoisotopic (exact) mass is 722 g/mol. The lowest BCUT2D eigenvalue weighted by molar-refractivity contribution is -0.0468. The van der Waals surface area contributed by atoms with E-state index in [1.54, 1.807) is 6.20 Å². The van der Waals surface area contributed by atoms with Crippen LogP contribution in [-0.2, 0) is 19.5 Å². The Kier molecular flexibility index (Phi) is 7.02. The molecule has 0 spiro atoms. The minimum Gasteiger partial charge on any atom is -0.476 e. The lowest BCUT2D eigenvalue weighted by atomic mass is 9.49. The molecule has 5 aromatic rings. The predicted octanol–water partition coefficient (Wildman–Crippen LogP) is 7.80. The summed E-state index contributed by atoms with van der Waals surface area (Å²) in [5, 5.41) is 18.6. The molecule has 0 radical (unpaired) electrons. The molecule has 11 heteroatoms. The Balaban J connectivity index is 0.953. The highest BCUT2D eigenvalue weighted by Crippen LogP contribution is 2.64. The Morgan fingerprint density at radius 1 is 1.02 bits per heavy atom. The Bertz CT molecular complexity index is 2060. The van der Waals surface area contributed by atoms with Gasteiger partial charge in [-0.3, -0.25) is 14.8 Å². The summed E-state index contributed by atoms with van der Waals surface area (Å²) in [6, 6.07) is 17.4. The summed E-state index contributed by atoms with van der Waals surface area (Å²) in [6.45, 7) is 1.98. The van der Waals surface area contributed by atoms with Crippen molar-refractivity contribution in [2.75, 3.05) is 16.8 Å². The molecule has 2 unspecified atom stereocenters. The van der Waals surface area contributed by atoms with E-state index in [0.717, 1.165) is 51.7 Å². The van der Waals surface area contributed by atoms with Crippen LogP contribution in [-0.4, -0.2) is 47.6 Å². The standard InChI is InChI=1S/C37H35BrN6O3S/c38-37-15-22-12-23(16-37)14-36(13-22,20-37)21-44-18-25(17-39-44)26-8-9-31(41-32(26)34(46)47)43-11-10-24-4-3-5-27(28(24)19-43)33(45)42-35-40-29-6-1-2-7-30(29)48-35/h1-9,17-18,22-23H,10-16,19-21H2,(H,46,47)(H,40,42,45). The zero-order chi connectivity index (χ0) is 32.6. The van der Waals surface area contributed by atoms with Crippen molar-refractivity contribution >= 4 is 60.3 Å². The van der Waals surface area contributed by atoms with E-state index in [2.05, 4.69) is 42.2 Å². The molecule has 4 heterocycles. The van der Waals surface area contributed by atoms with Crippen molar-refractivity contribution in [1.29, 1.82) is 0 Å². The van der Waals surface area contributed by atoms with E-state index in [1.165, 1.54) is 49.9 Å². The fourth-order valence-electron chi connectivity index (χ4n) is 9.55. The number of alkyl halides is 1. The molecule has 2 aromatic carbocycles. The van der Waals surface area contributed by atoms with Gasteiger partial charge < -0.3 is 10.0 Å². The molecule has 4 bridgehead atoms. The molecule has 2 N–H and O–H groups in total. The van der Waals surface area contributed by atoms with Gasteiger partial charge in [0.1, 0.15) is 5.82 Å². The second-order valence-corrected chi connectivity index (χ2v) is 17.2. The molecule has 4 saturated carbocycles. The second kappa shape index (κ2) is 11.2. The maximum atomic E-state index is 13.5. The van der Waals surface area contributed by atoms with E-state index in [4.69, 9.17) is 5.10 Å². The number of benzene rings is 2. The van der Waals surface area contributed by atoms with Gasteiger partial charge in [0.05, 0.1) is 16.4 Å². The number of rotatable bonds is 7. The van der Waals surface area contributed by atoms with Gasteiger partial charge in [-0.05, 0) is 104 Å². The predicted molar refractivity (Wildman–Crippen MR) is 190 cm³/mol. The number of carbonyl (C=O) groups is 2. The van der Waals surface area contributed by atoms with E-state index in [1.807, 2.05) is 59.4 Å². The van der Waals surface area contributed by atoms with Crippen LogP contribution in [0.1, 0.15) is 70.5 Å². The third kappa shape index (κ3) is 5.31. The van der Waals surface area contributed by atoms with Gasteiger partial charge in [0.25, 0.3) is 5.91 Å². The van der Waals surface area contributed by atoms with Crippen molar-refractivity contribution in [3.63, 3.8) is 0 Å². The van der Waals surface area contributed by atoms with Crippen molar-refractivity contribution in [3.8, 4) is 11.1 Å². The summed E-state index contributed by atoms with van der Waals surface area (Å²) in [6.07, 6.45) is 12.1. The highest BCUT2D eigenvalue weighted by Gasteiger charge is 2.56. The third-order valence-electron chi connectivity index (χ3n) is 11.0. The number of para-hydroxylation sites is 1. The minimum atomic E-state index is -1.07. The number of pyridine rings is 1. The van der Waals surface area contributed by atoms with Gasteiger partial charge in [0.2, 0.25) is 0 Å². The van der Waals surface area contributed by atoms with E-state index >= 15 is 0 Å². The number of halogens is 1. The SMILES string of the molecule is O=C(Nc1nc2ccccc2s1)c1cccc2c1CN(c1ccc(-c3cnn(CC45CC6CC(CC(Br)(C6)C4)C5)c3)c(C(=O)O)n1)CC2. The quantitative estimate of drug-likeness (QED) is 0.165. The van der Waals surface area contributed by atoms with E-state index in [9.17, 15) is 14.7 Å². The number of thiazole rings is 1. The van der Waals surface area contributed by atoms with Crippen LogP contribution in [0.3, 0.4) is 0 Å².